The fraction of sp³-hybridized carbons (Fsp3) is 0.182. The second kappa shape index (κ2) is 8.98. The van der Waals surface area contributed by atoms with Crippen LogP contribution in [-0.2, 0) is 16.1 Å². The number of benzene rings is 2. The van der Waals surface area contributed by atoms with Crippen molar-refractivity contribution in [2.45, 2.75) is 12.6 Å². The summed E-state index contributed by atoms with van der Waals surface area (Å²) in [5.41, 5.74) is 2.51. The maximum absolute atomic E-state index is 12.0. The Bertz CT molecular complexity index is 1030. The molecule has 0 saturated carbocycles. The van der Waals surface area contributed by atoms with Crippen LogP contribution >= 0.6 is 11.3 Å². The molecule has 7 nitrogen and oxygen atoms in total. The van der Waals surface area contributed by atoms with Crippen molar-refractivity contribution in [3.8, 4) is 21.9 Å². The molecule has 30 heavy (non-hydrogen) atoms. The first-order valence-electron chi connectivity index (χ1n) is 9.36. The van der Waals surface area contributed by atoms with Gasteiger partial charge in [0.2, 0.25) is 6.79 Å². The molecule has 1 atom stereocenters. The van der Waals surface area contributed by atoms with Crippen LogP contribution in [0.3, 0.4) is 0 Å². The molecule has 4 rings (SSSR count). The summed E-state index contributed by atoms with van der Waals surface area (Å²) in [4.78, 5) is 25.2. The van der Waals surface area contributed by atoms with Crippen LogP contribution < -0.4 is 20.1 Å². The second-order valence-corrected chi connectivity index (χ2v) is 7.64. The minimum Gasteiger partial charge on any atom is -0.454 e. The van der Waals surface area contributed by atoms with Gasteiger partial charge in [0.15, 0.2) is 11.5 Å². The van der Waals surface area contributed by atoms with E-state index in [2.05, 4.69) is 10.6 Å². The van der Waals surface area contributed by atoms with Crippen molar-refractivity contribution in [1.82, 2.24) is 10.6 Å². The average molecular weight is 424 g/mol. The first-order valence-corrected chi connectivity index (χ1v) is 10.2. The number of aliphatic hydroxyl groups excluding tert-OH is 1. The number of nitrogens with one attached hydrogen (secondary N) is 2. The van der Waals surface area contributed by atoms with E-state index in [4.69, 9.17) is 9.47 Å². The number of ether oxygens (including phenoxy) is 2. The number of carbonyl (C=O) groups is 2. The summed E-state index contributed by atoms with van der Waals surface area (Å²) < 4.78 is 10.5. The zero-order chi connectivity index (χ0) is 20.9. The van der Waals surface area contributed by atoms with Crippen LogP contribution in [0.15, 0.2) is 60.0 Å². The number of fused-ring (bicyclic) bond motifs is 1. The summed E-state index contributed by atoms with van der Waals surface area (Å²) in [7, 11) is 0. The van der Waals surface area contributed by atoms with Crippen molar-refractivity contribution >= 4 is 23.2 Å². The van der Waals surface area contributed by atoms with Crippen LogP contribution in [0.1, 0.15) is 17.2 Å². The number of thiophene rings is 1. The molecule has 3 N–H and O–H groups in total. The maximum atomic E-state index is 12.0. The number of hydrogen-bond donors (Lipinski definition) is 3. The fourth-order valence-corrected chi connectivity index (χ4v) is 3.75. The normalized spacial score (nSPS) is 13.0. The van der Waals surface area contributed by atoms with Crippen molar-refractivity contribution in [3.05, 3.63) is 71.1 Å². The van der Waals surface area contributed by atoms with Crippen LogP contribution in [0.25, 0.3) is 10.4 Å². The van der Waals surface area contributed by atoms with Gasteiger partial charge < -0.3 is 25.2 Å². The summed E-state index contributed by atoms with van der Waals surface area (Å²) in [6.45, 7) is 0.289. The summed E-state index contributed by atoms with van der Waals surface area (Å²) in [6, 6.07) is 16.8. The molecule has 1 aromatic heterocycles. The predicted molar refractivity (Wildman–Crippen MR) is 112 cm³/mol. The molecule has 154 valence electrons. The Hall–Kier alpha value is -3.36. The molecule has 0 aliphatic carbocycles. The average Bonchev–Trinajstić information content (AvgIpc) is 3.47. The van der Waals surface area contributed by atoms with Gasteiger partial charge >= 0.3 is 11.8 Å². The highest BCUT2D eigenvalue weighted by molar-refractivity contribution is 7.13. The largest absolute Gasteiger partial charge is 0.454 e. The molecule has 0 saturated heterocycles. The molecule has 8 heteroatoms. The molecule has 3 aromatic rings. The smallest absolute Gasteiger partial charge is 0.309 e. The molecule has 1 unspecified atom stereocenters. The third-order valence-electron chi connectivity index (χ3n) is 4.65. The van der Waals surface area contributed by atoms with Crippen molar-refractivity contribution < 1.29 is 24.2 Å². The Morgan fingerprint density at radius 2 is 1.77 bits per heavy atom. The quantitative estimate of drug-likeness (QED) is 0.529. The van der Waals surface area contributed by atoms with Gasteiger partial charge in [0, 0.05) is 18.0 Å². The molecular weight excluding hydrogens is 404 g/mol. The Morgan fingerprint density at radius 3 is 2.53 bits per heavy atom. The van der Waals surface area contributed by atoms with Crippen LogP contribution in [0, 0.1) is 0 Å². The molecular formula is C22H20N2O5S. The van der Waals surface area contributed by atoms with Crippen LogP contribution in [0.4, 0.5) is 0 Å². The minimum atomic E-state index is -0.909. The van der Waals surface area contributed by atoms with Gasteiger partial charge in [-0.1, -0.05) is 36.4 Å². The zero-order valence-electron chi connectivity index (χ0n) is 16.0. The summed E-state index contributed by atoms with van der Waals surface area (Å²) >= 11 is 1.64. The lowest BCUT2D eigenvalue weighted by molar-refractivity contribution is -0.139. The molecule has 2 aromatic carbocycles. The van der Waals surface area contributed by atoms with Crippen molar-refractivity contribution in [3.63, 3.8) is 0 Å². The van der Waals surface area contributed by atoms with Gasteiger partial charge in [0.05, 0.1) is 6.10 Å². The highest BCUT2D eigenvalue weighted by Gasteiger charge is 2.17. The third-order valence-corrected chi connectivity index (χ3v) is 5.57. The lowest BCUT2D eigenvalue weighted by atomic mass is 10.1. The maximum Gasteiger partial charge on any atom is 0.309 e. The second-order valence-electron chi connectivity index (χ2n) is 6.70. The van der Waals surface area contributed by atoms with Gasteiger partial charge in [0.1, 0.15) is 0 Å². The number of carbonyl (C=O) groups excluding carboxylic acids is 2. The van der Waals surface area contributed by atoms with E-state index in [1.807, 2.05) is 41.8 Å². The Kier molecular flexibility index (Phi) is 5.97. The first kappa shape index (κ1) is 19.9. The zero-order valence-corrected chi connectivity index (χ0v) is 16.8. The van der Waals surface area contributed by atoms with Gasteiger partial charge in [-0.15, -0.1) is 11.3 Å². The van der Waals surface area contributed by atoms with Crippen molar-refractivity contribution in [2.24, 2.45) is 0 Å². The standard InChI is InChI=1S/C22H20N2O5S/c25-17(15-4-6-16(7-5-15)20-2-1-9-30-20)12-24-22(27)21(26)23-11-14-3-8-18-19(10-14)29-13-28-18/h1-10,17,25H,11-13H2,(H,23,26)(H,24,27). The van der Waals surface area contributed by atoms with E-state index < -0.39 is 17.9 Å². The van der Waals surface area contributed by atoms with Gasteiger partial charge in [-0.05, 0) is 40.3 Å². The van der Waals surface area contributed by atoms with Crippen LogP contribution in [0.5, 0.6) is 11.5 Å². The van der Waals surface area contributed by atoms with E-state index in [1.54, 1.807) is 29.5 Å². The highest BCUT2D eigenvalue weighted by atomic mass is 32.1. The SMILES string of the molecule is O=C(NCc1ccc2c(c1)OCO2)C(=O)NCC(O)c1ccc(-c2cccs2)cc1. The van der Waals surface area contributed by atoms with Crippen molar-refractivity contribution in [1.29, 1.82) is 0 Å². The Morgan fingerprint density at radius 1 is 1.00 bits per heavy atom. The molecule has 1 aliphatic heterocycles. The molecule has 0 bridgehead atoms. The van der Waals surface area contributed by atoms with E-state index in [0.29, 0.717) is 17.1 Å². The minimum absolute atomic E-state index is 0.0609. The van der Waals surface area contributed by atoms with Crippen LogP contribution in [0.2, 0.25) is 0 Å². The predicted octanol–water partition coefficient (Wildman–Crippen LogP) is 2.61. The highest BCUT2D eigenvalue weighted by Crippen LogP contribution is 2.32. The van der Waals surface area contributed by atoms with Crippen LogP contribution in [-0.4, -0.2) is 30.3 Å². The fourth-order valence-electron chi connectivity index (χ4n) is 3.01. The van der Waals surface area contributed by atoms with E-state index in [9.17, 15) is 14.7 Å². The molecule has 0 spiro atoms. The number of amides is 2. The summed E-state index contributed by atoms with van der Waals surface area (Å²) in [5, 5.41) is 17.3. The van der Waals surface area contributed by atoms with Crippen molar-refractivity contribution in [2.75, 3.05) is 13.3 Å². The lowest BCUT2D eigenvalue weighted by Gasteiger charge is -2.13. The lowest BCUT2D eigenvalue weighted by Crippen LogP contribution is -2.41. The van der Waals surface area contributed by atoms with Gasteiger partial charge in [-0.3, -0.25) is 9.59 Å². The monoisotopic (exact) mass is 424 g/mol. The number of aliphatic hydroxyl groups is 1. The van der Waals surface area contributed by atoms with Gasteiger partial charge in [0.25, 0.3) is 0 Å². The molecule has 0 fully saturated rings. The number of rotatable bonds is 6. The topological polar surface area (TPSA) is 96.9 Å². The van der Waals surface area contributed by atoms with Gasteiger partial charge in [-0.2, -0.15) is 0 Å². The Labute approximate surface area is 177 Å². The first-order chi connectivity index (χ1) is 14.6. The molecule has 2 heterocycles. The molecule has 0 radical (unpaired) electrons. The number of hydrogen-bond acceptors (Lipinski definition) is 6. The van der Waals surface area contributed by atoms with E-state index >= 15 is 0 Å². The van der Waals surface area contributed by atoms with E-state index in [-0.39, 0.29) is 19.9 Å². The van der Waals surface area contributed by atoms with E-state index in [1.165, 1.54) is 0 Å². The molecule has 1 aliphatic rings. The summed E-state index contributed by atoms with van der Waals surface area (Å²) in [5.74, 6) is -0.308. The molecule has 2 amide bonds. The Balaban J connectivity index is 1.25. The van der Waals surface area contributed by atoms with Gasteiger partial charge in [-0.25, -0.2) is 0 Å². The summed E-state index contributed by atoms with van der Waals surface area (Å²) in [6.07, 6.45) is -0.909. The third kappa shape index (κ3) is 4.61. The van der Waals surface area contributed by atoms with E-state index in [0.717, 1.165) is 16.0 Å².